The average molecular weight is 348 g/mol. The molecule has 0 saturated heterocycles. The van der Waals surface area contributed by atoms with Crippen LogP contribution in [0.15, 0.2) is 18.2 Å². The molecule has 5 nitrogen and oxygen atoms in total. The Hall–Kier alpha value is -1.46. The zero-order valence-electron chi connectivity index (χ0n) is 12.9. The molecule has 7 heteroatoms. The Morgan fingerprint density at radius 2 is 1.91 bits per heavy atom. The van der Waals surface area contributed by atoms with Gasteiger partial charge in [0.05, 0.1) is 6.54 Å². The van der Waals surface area contributed by atoms with Crippen LogP contribution in [-0.2, 0) is 16.1 Å². The maximum atomic E-state index is 12.3. The molecule has 1 N–H and O–H groups in total. The first-order valence-corrected chi connectivity index (χ1v) is 7.43. The average Bonchev–Trinajstić information content (AvgIpc) is 2.34. The quantitative estimate of drug-likeness (QED) is 0.885. The predicted octanol–water partition coefficient (Wildman–Crippen LogP) is 4.20. The van der Waals surface area contributed by atoms with E-state index in [0.29, 0.717) is 15.6 Å². The molecule has 0 fully saturated rings. The van der Waals surface area contributed by atoms with Crippen molar-refractivity contribution >= 4 is 35.3 Å². The molecule has 0 aromatic heterocycles. The Labute approximate surface area is 139 Å². The second kappa shape index (κ2) is 7.20. The first-order chi connectivity index (χ1) is 10.0. The van der Waals surface area contributed by atoms with Gasteiger partial charge in [0.25, 0.3) is 0 Å². The molecule has 1 rings (SSSR count). The van der Waals surface area contributed by atoms with Gasteiger partial charge in [-0.3, -0.25) is 4.90 Å². The van der Waals surface area contributed by atoms with Gasteiger partial charge >= 0.3 is 12.1 Å². The highest BCUT2D eigenvalue weighted by Gasteiger charge is 2.30. The minimum absolute atomic E-state index is 0.0123. The van der Waals surface area contributed by atoms with Gasteiger partial charge in [-0.15, -0.1) is 0 Å². The van der Waals surface area contributed by atoms with Crippen LogP contribution in [0.2, 0.25) is 10.0 Å². The summed E-state index contributed by atoms with van der Waals surface area (Å²) in [5.74, 6) is -1.13. The molecule has 1 amide bonds. The van der Waals surface area contributed by atoms with Gasteiger partial charge < -0.3 is 9.84 Å². The third-order valence-electron chi connectivity index (χ3n) is 2.81. The highest BCUT2D eigenvalue weighted by Crippen LogP contribution is 2.24. The third-order valence-corrected chi connectivity index (χ3v) is 3.40. The van der Waals surface area contributed by atoms with Crippen LogP contribution in [-0.4, -0.2) is 33.7 Å². The van der Waals surface area contributed by atoms with E-state index in [1.54, 1.807) is 32.9 Å². The maximum absolute atomic E-state index is 12.3. The molecule has 0 aliphatic rings. The molecule has 22 heavy (non-hydrogen) atoms. The Morgan fingerprint density at radius 3 is 2.36 bits per heavy atom. The molecule has 0 aliphatic heterocycles. The molecule has 122 valence electrons. The van der Waals surface area contributed by atoms with Crippen LogP contribution >= 0.6 is 23.2 Å². The molecule has 0 bridgehead atoms. The second-order valence-corrected chi connectivity index (χ2v) is 6.70. The molecule has 0 heterocycles. The minimum Gasteiger partial charge on any atom is -0.480 e. The summed E-state index contributed by atoms with van der Waals surface area (Å²) < 4.78 is 5.26. The number of carboxylic acid groups (broad SMARTS) is 1. The fourth-order valence-corrected chi connectivity index (χ4v) is 2.12. The predicted molar refractivity (Wildman–Crippen MR) is 85.3 cm³/mol. The normalized spacial score (nSPS) is 12.6. The van der Waals surface area contributed by atoms with Gasteiger partial charge in [-0.25, -0.2) is 9.59 Å². The van der Waals surface area contributed by atoms with Crippen molar-refractivity contribution in [3.8, 4) is 0 Å². The van der Waals surface area contributed by atoms with Gasteiger partial charge in [0, 0.05) is 10.0 Å². The second-order valence-electron chi connectivity index (χ2n) is 5.86. The highest BCUT2D eigenvalue weighted by molar-refractivity contribution is 6.35. The van der Waals surface area contributed by atoms with E-state index in [1.807, 2.05) is 0 Å². The van der Waals surface area contributed by atoms with E-state index >= 15 is 0 Å². The third kappa shape index (κ3) is 5.39. The Bertz CT molecular complexity index is 569. The fourth-order valence-electron chi connectivity index (χ4n) is 1.65. The van der Waals surface area contributed by atoms with E-state index in [2.05, 4.69) is 0 Å². The van der Waals surface area contributed by atoms with Crippen LogP contribution < -0.4 is 0 Å². The summed E-state index contributed by atoms with van der Waals surface area (Å²) >= 11 is 11.9. The molecule has 1 aromatic rings. The largest absolute Gasteiger partial charge is 0.480 e. The highest BCUT2D eigenvalue weighted by atomic mass is 35.5. The number of nitrogens with zero attached hydrogens (tertiary/aromatic N) is 1. The van der Waals surface area contributed by atoms with E-state index in [-0.39, 0.29) is 6.54 Å². The summed E-state index contributed by atoms with van der Waals surface area (Å²) in [6, 6.07) is 3.76. The van der Waals surface area contributed by atoms with Crippen molar-refractivity contribution in [1.82, 2.24) is 4.90 Å². The Kier molecular flexibility index (Phi) is 6.08. The first kappa shape index (κ1) is 18.6. The topological polar surface area (TPSA) is 66.8 Å². The van der Waals surface area contributed by atoms with E-state index in [4.69, 9.17) is 27.9 Å². The lowest BCUT2D eigenvalue weighted by Gasteiger charge is -2.30. The molecule has 1 unspecified atom stereocenters. The number of carbonyl (C=O) groups excluding carboxylic acids is 1. The smallest absolute Gasteiger partial charge is 0.411 e. The monoisotopic (exact) mass is 347 g/mol. The van der Waals surface area contributed by atoms with Gasteiger partial charge in [-0.1, -0.05) is 29.3 Å². The van der Waals surface area contributed by atoms with Crippen LogP contribution in [0.1, 0.15) is 33.3 Å². The van der Waals surface area contributed by atoms with Crippen molar-refractivity contribution in [1.29, 1.82) is 0 Å². The molecular weight excluding hydrogens is 329 g/mol. The number of aliphatic carboxylic acids is 1. The number of benzene rings is 1. The van der Waals surface area contributed by atoms with E-state index in [1.165, 1.54) is 13.0 Å². The number of hydrogen-bond acceptors (Lipinski definition) is 3. The SMILES string of the molecule is CC(C(=O)O)N(Cc1ccc(Cl)cc1Cl)C(=O)OC(C)(C)C. The zero-order chi connectivity index (χ0) is 17.1. The van der Waals surface area contributed by atoms with E-state index in [9.17, 15) is 14.7 Å². The number of ether oxygens (including phenoxy) is 1. The van der Waals surface area contributed by atoms with Crippen molar-refractivity contribution in [2.45, 2.75) is 45.9 Å². The number of amides is 1. The number of hydrogen-bond donors (Lipinski definition) is 1. The van der Waals surface area contributed by atoms with Crippen LogP contribution in [0.4, 0.5) is 4.79 Å². The van der Waals surface area contributed by atoms with Crippen molar-refractivity contribution in [3.63, 3.8) is 0 Å². The standard InChI is InChI=1S/C15H19Cl2NO4/c1-9(13(19)20)18(14(21)22-15(2,3)4)8-10-5-6-11(16)7-12(10)17/h5-7,9H,8H2,1-4H3,(H,19,20). The van der Waals surface area contributed by atoms with Crippen molar-refractivity contribution in [3.05, 3.63) is 33.8 Å². The minimum atomic E-state index is -1.13. The molecule has 0 saturated carbocycles. The number of rotatable bonds is 4. The molecule has 1 atom stereocenters. The summed E-state index contributed by atoms with van der Waals surface area (Å²) in [7, 11) is 0. The maximum Gasteiger partial charge on any atom is 0.411 e. The van der Waals surface area contributed by atoms with Crippen LogP contribution in [0.3, 0.4) is 0 Å². The van der Waals surface area contributed by atoms with Crippen molar-refractivity contribution in [2.75, 3.05) is 0 Å². The molecule has 0 aliphatic carbocycles. The lowest BCUT2D eigenvalue weighted by atomic mass is 10.1. The van der Waals surface area contributed by atoms with Gasteiger partial charge in [0.15, 0.2) is 0 Å². The number of carbonyl (C=O) groups is 2. The molecule has 0 spiro atoms. The molecule has 0 radical (unpaired) electrons. The molecule has 1 aromatic carbocycles. The lowest BCUT2D eigenvalue weighted by Crippen LogP contribution is -2.45. The summed E-state index contributed by atoms with van der Waals surface area (Å²) in [6.45, 7) is 6.56. The van der Waals surface area contributed by atoms with Gasteiger partial charge in [0.1, 0.15) is 11.6 Å². The van der Waals surface area contributed by atoms with Crippen LogP contribution in [0, 0.1) is 0 Å². The van der Waals surface area contributed by atoms with E-state index < -0.39 is 23.7 Å². The first-order valence-electron chi connectivity index (χ1n) is 6.67. The van der Waals surface area contributed by atoms with Crippen LogP contribution in [0.25, 0.3) is 0 Å². The Balaban J connectivity index is 3.05. The number of halogens is 2. The Morgan fingerprint density at radius 1 is 1.32 bits per heavy atom. The van der Waals surface area contributed by atoms with Gasteiger partial charge in [-0.05, 0) is 45.4 Å². The zero-order valence-corrected chi connectivity index (χ0v) is 14.4. The lowest BCUT2D eigenvalue weighted by molar-refractivity contribution is -0.142. The summed E-state index contributed by atoms with van der Waals surface area (Å²) in [5, 5.41) is 10.0. The number of carboxylic acids is 1. The van der Waals surface area contributed by atoms with E-state index in [0.717, 1.165) is 4.90 Å². The van der Waals surface area contributed by atoms with Crippen molar-refractivity contribution in [2.24, 2.45) is 0 Å². The fraction of sp³-hybridized carbons (Fsp3) is 0.467. The summed E-state index contributed by atoms with van der Waals surface area (Å²) in [4.78, 5) is 24.6. The van der Waals surface area contributed by atoms with Crippen molar-refractivity contribution < 1.29 is 19.4 Å². The summed E-state index contributed by atoms with van der Waals surface area (Å²) in [6.07, 6.45) is -0.714. The van der Waals surface area contributed by atoms with Crippen LogP contribution in [0.5, 0.6) is 0 Å². The molecular formula is C15H19Cl2NO4. The van der Waals surface area contributed by atoms with Gasteiger partial charge in [0.2, 0.25) is 0 Å². The van der Waals surface area contributed by atoms with Gasteiger partial charge in [-0.2, -0.15) is 0 Å². The summed E-state index contributed by atoms with van der Waals surface area (Å²) in [5.41, 5.74) is -0.137.